The molecule has 0 saturated carbocycles. The molecule has 3 nitrogen and oxygen atoms in total. The Kier molecular flexibility index (Phi) is 1.60. The molecule has 13 heavy (non-hydrogen) atoms. The monoisotopic (exact) mass is 170 g/mol. The van der Waals surface area contributed by atoms with E-state index in [9.17, 15) is 0 Å². The number of pyridine rings is 1. The fourth-order valence-corrected chi connectivity index (χ4v) is 1.18. The highest BCUT2D eigenvalue weighted by molar-refractivity contribution is 5.80. The Labute approximate surface area is 74.9 Å². The minimum Gasteiger partial charge on any atom is -0.506 e. The van der Waals surface area contributed by atoms with Gasteiger partial charge in [-0.25, -0.2) is 0 Å². The van der Waals surface area contributed by atoms with Gasteiger partial charge in [-0.2, -0.15) is 5.26 Å². The molecule has 2 aromatic rings. The van der Waals surface area contributed by atoms with Crippen molar-refractivity contribution >= 4 is 10.9 Å². The molecular formula is C10H6N2O. The van der Waals surface area contributed by atoms with Gasteiger partial charge >= 0.3 is 0 Å². The van der Waals surface area contributed by atoms with Crippen LogP contribution in [0.3, 0.4) is 0 Å². The molecule has 0 aliphatic carbocycles. The first-order chi connectivity index (χ1) is 6.29. The Morgan fingerprint density at radius 1 is 1.31 bits per heavy atom. The van der Waals surface area contributed by atoms with Crippen molar-refractivity contribution in [1.82, 2.24) is 4.98 Å². The van der Waals surface area contributed by atoms with Gasteiger partial charge in [0.2, 0.25) is 0 Å². The van der Waals surface area contributed by atoms with Gasteiger partial charge in [0.25, 0.3) is 0 Å². The Hall–Kier alpha value is -2.08. The average molecular weight is 170 g/mol. The van der Waals surface area contributed by atoms with Crippen molar-refractivity contribution in [2.75, 3.05) is 0 Å². The van der Waals surface area contributed by atoms with Gasteiger partial charge < -0.3 is 5.11 Å². The lowest BCUT2D eigenvalue weighted by atomic mass is 10.1. The lowest BCUT2D eigenvalue weighted by Gasteiger charge is -1.97. The highest BCUT2D eigenvalue weighted by atomic mass is 16.3. The molecule has 0 saturated heterocycles. The van der Waals surface area contributed by atoms with Crippen molar-refractivity contribution in [3.8, 4) is 11.8 Å². The Morgan fingerprint density at radius 3 is 2.92 bits per heavy atom. The molecule has 0 bridgehead atoms. The van der Waals surface area contributed by atoms with Crippen LogP contribution in [-0.2, 0) is 0 Å². The number of fused-ring (bicyclic) bond motifs is 1. The predicted molar refractivity (Wildman–Crippen MR) is 48.1 cm³/mol. The summed E-state index contributed by atoms with van der Waals surface area (Å²) < 4.78 is 0. The van der Waals surface area contributed by atoms with Gasteiger partial charge in [-0.1, -0.05) is 6.07 Å². The van der Waals surface area contributed by atoms with E-state index in [0.29, 0.717) is 5.56 Å². The summed E-state index contributed by atoms with van der Waals surface area (Å²) >= 11 is 0. The van der Waals surface area contributed by atoms with Crippen LogP contribution in [0.25, 0.3) is 10.9 Å². The first-order valence-electron chi connectivity index (χ1n) is 3.78. The molecule has 1 aromatic carbocycles. The van der Waals surface area contributed by atoms with E-state index in [1.807, 2.05) is 6.07 Å². The number of hydrogen-bond acceptors (Lipinski definition) is 3. The summed E-state index contributed by atoms with van der Waals surface area (Å²) in [6, 6.07) is 8.80. The maximum atomic E-state index is 9.13. The summed E-state index contributed by atoms with van der Waals surface area (Å²) in [7, 11) is 0. The number of hydrogen-bond donors (Lipinski definition) is 1. The molecule has 0 fully saturated rings. The van der Waals surface area contributed by atoms with Crippen molar-refractivity contribution in [3.05, 3.63) is 36.0 Å². The maximum absolute atomic E-state index is 9.13. The van der Waals surface area contributed by atoms with E-state index in [2.05, 4.69) is 4.98 Å². The third-order valence-electron chi connectivity index (χ3n) is 1.80. The van der Waals surface area contributed by atoms with E-state index < -0.39 is 0 Å². The number of aromatic hydroxyl groups is 1. The fourth-order valence-electron chi connectivity index (χ4n) is 1.18. The molecule has 2 rings (SSSR count). The molecule has 0 spiro atoms. The van der Waals surface area contributed by atoms with Crippen molar-refractivity contribution in [1.29, 1.82) is 5.26 Å². The number of aromatic nitrogens is 1. The zero-order valence-electron chi connectivity index (χ0n) is 6.73. The van der Waals surface area contributed by atoms with Crippen LogP contribution in [0.4, 0.5) is 0 Å². The minimum atomic E-state index is 0.136. The van der Waals surface area contributed by atoms with Gasteiger partial charge in [0, 0.05) is 5.39 Å². The molecule has 0 aliphatic heterocycles. The highest BCUT2D eigenvalue weighted by Crippen LogP contribution is 2.17. The fraction of sp³-hybridized carbons (Fsp3) is 0. The third kappa shape index (κ3) is 1.30. The molecule has 0 amide bonds. The summed E-state index contributed by atoms with van der Waals surface area (Å²) in [5.74, 6) is 0.136. The van der Waals surface area contributed by atoms with E-state index in [1.165, 1.54) is 6.20 Å². The smallest absolute Gasteiger partial charge is 0.134 e. The van der Waals surface area contributed by atoms with Crippen LogP contribution in [-0.4, -0.2) is 10.1 Å². The predicted octanol–water partition coefficient (Wildman–Crippen LogP) is 1.81. The molecular weight excluding hydrogens is 164 g/mol. The third-order valence-corrected chi connectivity index (χ3v) is 1.80. The Bertz CT molecular complexity index is 500. The van der Waals surface area contributed by atoms with Gasteiger partial charge in [-0.05, 0) is 18.2 Å². The minimum absolute atomic E-state index is 0.136. The van der Waals surface area contributed by atoms with E-state index in [1.54, 1.807) is 24.3 Å². The second-order valence-electron chi connectivity index (χ2n) is 2.71. The molecule has 0 unspecified atom stereocenters. The molecule has 0 radical (unpaired) electrons. The topological polar surface area (TPSA) is 56.9 Å². The van der Waals surface area contributed by atoms with Crippen molar-refractivity contribution < 1.29 is 5.11 Å². The first kappa shape index (κ1) is 7.56. The average Bonchev–Trinajstić information content (AvgIpc) is 2.17. The molecule has 62 valence electrons. The van der Waals surface area contributed by atoms with E-state index in [0.717, 1.165) is 10.9 Å². The number of benzene rings is 1. The quantitative estimate of drug-likeness (QED) is 0.656. The molecule has 3 heteroatoms. The van der Waals surface area contributed by atoms with E-state index >= 15 is 0 Å². The van der Waals surface area contributed by atoms with Crippen molar-refractivity contribution in [2.24, 2.45) is 0 Å². The van der Waals surface area contributed by atoms with Crippen molar-refractivity contribution in [2.45, 2.75) is 0 Å². The Balaban J connectivity index is 2.75. The number of rotatable bonds is 0. The summed E-state index contributed by atoms with van der Waals surface area (Å²) in [5.41, 5.74) is 1.29. The van der Waals surface area contributed by atoms with Gasteiger partial charge in [0.05, 0.1) is 23.3 Å². The number of nitriles is 1. The zero-order valence-corrected chi connectivity index (χ0v) is 6.73. The summed E-state index contributed by atoms with van der Waals surface area (Å²) in [6.45, 7) is 0. The lowest BCUT2D eigenvalue weighted by Crippen LogP contribution is -1.80. The molecule has 0 atom stereocenters. The van der Waals surface area contributed by atoms with Crippen LogP contribution in [0.2, 0.25) is 0 Å². The normalized spacial score (nSPS) is 9.77. The zero-order chi connectivity index (χ0) is 9.26. The van der Waals surface area contributed by atoms with Crippen molar-refractivity contribution in [3.63, 3.8) is 0 Å². The highest BCUT2D eigenvalue weighted by Gasteiger charge is 1.97. The van der Waals surface area contributed by atoms with Crippen LogP contribution < -0.4 is 0 Å². The summed E-state index contributed by atoms with van der Waals surface area (Å²) in [4.78, 5) is 3.99. The molecule has 1 aromatic heterocycles. The largest absolute Gasteiger partial charge is 0.506 e. The number of nitrogens with zero attached hydrogens (tertiary/aromatic N) is 2. The molecule has 0 aliphatic rings. The van der Waals surface area contributed by atoms with Crippen LogP contribution >= 0.6 is 0 Å². The maximum Gasteiger partial charge on any atom is 0.134 e. The van der Waals surface area contributed by atoms with Gasteiger partial charge in [-0.15, -0.1) is 0 Å². The van der Waals surface area contributed by atoms with Crippen LogP contribution in [0.5, 0.6) is 5.75 Å². The van der Waals surface area contributed by atoms with E-state index in [4.69, 9.17) is 10.4 Å². The van der Waals surface area contributed by atoms with Gasteiger partial charge in [-0.3, -0.25) is 4.98 Å². The summed E-state index contributed by atoms with van der Waals surface area (Å²) in [5, 5.41) is 18.6. The van der Waals surface area contributed by atoms with Crippen LogP contribution in [0.1, 0.15) is 5.56 Å². The SMILES string of the molecule is N#Cc1ccc2cc(O)cnc2c1. The molecule has 1 N–H and O–H groups in total. The Morgan fingerprint density at radius 2 is 2.15 bits per heavy atom. The van der Waals surface area contributed by atoms with E-state index in [-0.39, 0.29) is 5.75 Å². The van der Waals surface area contributed by atoms with Gasteiger partial charge in [0.1, 0.15) is 5.75 Å². The second-order valence-corrected chi connectivity index (χ2v) is 2.71. The van der Waals surface area contributed by atoms with Crippen LogP contribution in [0, 0.1) is 11.3 Å². The first-order valence-corrected chi connectivity index (χ1v) is 3.78. The summed E-state index contributed by atoms with van der Waals surface area (Å²) in [6.07, 6.45) is 1.36. The van der Waals surface area contributed by atoms with Crippen LogP contribution in [0.15, 0.2) is 30.5 Å². The second kappa shape index (κ2) is 2.76. The lowest BCUT2D eigenvalue weighted by molar-refractivity contribution is 0.474. The standard InChI is InChI=1S/C10H6N2O/c11-5-7-1-2-8-4-9(13)6-12-10(8)3-7/h1-4,6,13H. The van der Waals surface area contributed by atoms with Gasteiger partial charge in [0.15, 0.2) is 0 Å². The molecule has 1 heterocycles.